The molecule has 1 atom stereocenters. The maximum Gasteiger partial charge on any atom is 0.310 e. The normalized spacial score (nSPS) is 24.8. The van der Waals surface area contributed by atoms with Gasteiger partial charge in [0, 0.05) is 6.54 Å². The van der Waals surface area contributed by atoms with Crippen LogP contribution in [0.2, 0.25) is 0 Å². The predicted octanol–water partition coefficient (Wildman–Crippen LogP) is 0.538. The Labute approximate surface area is 94.0 Å². The standard InChI is InChI=1S/C12H14N2O2/c1-2-12(9-6-4-3-5-7-9)8-13-10(15)11(16)14-12/h3-7H,2,8H2,1H3,(H,13,15)(H,14,16)/t12-/m0/s1. The first kappa shape index (κ1) is 10.7. The van der Waals surface area contributed by atoms with Gasteiger partial charge >= 0.3 is 11.8 Å². The summed E-state index contributed by atoms with van der Waals surface area (Å²) in [6, 6.07) is 9.70. The molecule has 0 bridgehead atoms. The first-order valence-corrected chi connectivity index (χ1v) is 5.34. The summed E-state index contributed by atoms with van der Waals surface area (Å²) in [6.07, 6.45) is 0.739. The summed E-state index contributed by atoms with van der Waals surface area (Å²) in [6.45, 7) is 2.43. The number of hydrogen-bond donors (Lipinski definition) is 2. The van der Waals surface area contributed by atoms with E-state index in [4.69, 9.17) is 0 Å². The lowest BCUT2D eigenvalue weighted by Crippen LogP contribution is -2.62. The van der Waals surface area contributed by atoms with E-state index in [0.717, 1.165) is 12.0 Å². The SMILES string of the molecule is CC[C@@]1(c2ccccc2)CNC(=O)C(=O)N1. The Morgan fingerprint density at radius 2 is 1.88 bits per heavy atom. The van der Waals surface area contributed by atoms with E-state index < -0.39 is 17.4 Å². The minimum atomic E-state index is -0.558. The summed E-state index contributed by atoms with van der Waals surface area (Å²) in [5.74, 6) is -1.11. The number of piperazine rings is 1. The molecule has 4 nitrogen and oxygen atoms in total. The third-order valence-corrected chi connectivity index (χ3v) is 3.04. The molecule has 1 aromatic carbocycles. The Hall–Kier alpha value is -1.84. The summed E-state index contributed by atoms with van der Waals surface area (Å²) in [5, 5.41) is 5.42. The van der Waals surface area contributed by atoms with Crippen LogP contribution >= 0.6 is 0 Å². The molecular weight excluding hydrogens is 204 g/mol. The lowest BCUT2D eigenvalue weighted by atomic mass is 9.85. The Kier molecular flexibility index (Phi) is 2.64. The number of amides is 2. The smallest absolute Gasteiger partial charge is 0.310 e. The van der Waals surface area contributed by atoms with Crippen LogP contribution in [0.1, 0.15) is 18.9 Å². The van der Waals surface area contributed by atoms with E-state index in [1.54, 1.807) is 0 Å². The van der Waals surface area contributed by atoms with Crippen molar-refractivity contribution < 1.29 is 9.59 Å². The third-order valence-electron chi connectivity index (χ3n) is 3.04. The molecule has 0 spiro atoms. The molecule has 2 amide bonds. The summed E-state index contributed by atoms with van der Waals surface area (Å²) >= 11 is 0. The zero-order valence-electron chi connectivity index (χ0n) is 9.12. The molecule has 1 aromatic rings. The lowest BCUT2D eigenvalue weighted by Gasteiger charge is -2.37. The average Bonchev–Trinajstić information content (AvgIpc) is 2.34. The maximum atomic E-state index is 11.4. The summed E-state index contributed by atoms with van der Waals surface area (Å²) in [7, 11) is 0. The highest BCUT2D eigenvalue weighted by Crippen LogP contribution is 2.25. The molecule has 1 aliphatic rings. The van der Waals surface area contributed by atoms with Gasteiger partial charge in [-0.15, -0.1) is 0 Å². The summed E-state index contributed by atoms with van der Waals surface area (Å²) in [4.78, 5) is 22.5. The van der Waals surface area contributed by atoms with Crippen LogP contribution in [0.3, 0.4) is 0 Å². The molecule has 4 heteroatoms. The monoisotopic (exact) mass is 218 g/mol. The Bertz CT molecular complexity index is 416. The van der Waals surface area contributed by atoms with Gasteiger partial charge in [0.2, 0.25) is 0 Å². The molecule has 1 saturated heterocycles. The molecule has 0 unspecified atom stereocenters. The fraction of sp³-hybridized carbons (Fsp3) is 0.333. The van der Waals surface area contributed by atoms with Crippen molar-refractivity contribution in [2.75, 3.05) is 6.54 Å². The van der Waals surface area contributed by atoms with Crippen molar-refractivity contribution in [1.29, 1.82) is 0 Å². The van der Waals surface area contributed by atoms with Gasteiger partial charge in [0.25, 0.3) is 0 Å². The quantitative estimate of drug-likeness (QED) is 0.712. The van der Waals surface area contributed by atoms with E-state index in [1.165, 1.54) is 0 Å². The molecule has 2 N–H and O–H groups in total. The molecule has 2 rings (SSSR count). The van der Waals surface area contributed by atoms with Gasteiger partial charge in [-0.1, -0.05) is 37.3 Å². The maximum absolute atomic E-state index is 11.4. The molecule has 1 fully saturated rings. The fourth-order valence-electron chi connectivity index (χ4n) is 1.98. The van der Waals surface area contributed by atoms with Crippen molar-refractivity contribution in [3.05, 3.63) is 35.9 Å². The number of rotatable bonds is 2. The van der Waals surface area contributed by atoms with E-state index in [0.29, 0.717) is 6.54 Å². The van der Waals surface area contributed by atoms with Crippen molar-refractivity contribution in [1.82, 2.24) is 10.6 Å². The van der Waals surface area contributed by atoms with E-state index in [-0.39, 0.29) is 0 Å². The van der Waals surface area contributed by atoms with Gasteiger partial charge in [0.1, 0.15) is 0 Å². The van der Waals surface area contributed by atoms with Crippen molar-refractivity contribution in [3.8, 4) is 0 Å². The number of benzene rings is 1. The summed E-state index contributed by atoms with van der Waals surface area (Å²) in [5.41, 5.74) is 0.553. The number of carbonyl (C=O) groups excluding carboxylic acids is 2. The van der Waals surface area contributed by atoms with Crippen LogP contribution in [0.25, 0.3) is 0 Å². The second kappa shape index (κ2) is 3.96. The van der Waals surface area contributed by atoms with Crippen LogP contribution in [0, 0.1) is 0 Å². The van der Waals surface area contributed by atoms with Gasteiger partial charge in [-0.2, -0.15) is 0 Å². The fourth-order valence-corrected chi connectivity index (χ4v) is 1.98. The topological polar surface area (TPSA) is 58.2 Å². The molecule has 0 radical (unpaired) electrons. The van der Waals surface area contributed by atoms with Crippen LogP contribution in [0.15, 0.2) is 30.3 Å². The van der Waals surface area contributed by atoms with Gasteiger partial charge in [0.15, 0.2) is 0 Å². The van der Waals surface area contributed by atoms with Crippen LogP contribution in [-0.2, 0) is 15.1 Å². The molecule has 0 aliphatic carbocycles. The highest BCUT2D eigenvalue weighted by atomic mass is 16.2. The van der Waals surface area contributed by atoms with Gasteiger partial charge in [-0.3, -0.25) is 9.59 Å². The first-order chi connectivity index (χ1) is 7.68. The molecule has 84 valence electrons. The van der Waals surface area contributed by atoms with Crippen molar-refractivity contribution >= 4 is 11.8 Å². The second-order valence-electron chi connectivity index (χ2n) is 3.94. The van der Waals surface area contributed by atoms with E-state index in [9.17, 15) is 9.59 Å². The van der Waals surface area contributed by atoms with Crippen molar-refractivity contribution in [3.63, 3.8) is 0 Å². The van der Waals surface area contributed by atoms with Gasteiger partial charge in [-0.05, 0) is 12.0 Å². The molecule has 1 aliphatic heterocycles. The largest absolute Gasteiger partial charge is 0.345 e. The molecule has 0 saturated carbocycles. The highest BCUT2D eigenvalue weighted by Gasteiger charge is 2.38. The van der Waals surface area contributed by atoms with E-state index >= 15 is 0 Å². The first-order valence-electron chi connectivity index (χ1n) is 5.34. The minimum absolute atomic E-state index is 0.443. The van der Waals surface area contributed by atoms with E-state index in [1.807, 2.05) is 37.3 Å². The summed E-state index contributed by atoms with van der Waals surface area (Å²) < 4.78 is 0. The molecule has 1 heterocycles. The predicted molar refractivity (Wildman–Crippen MR) is 59.6 cm³/mol. The zero-order chi connectivity index (χ0) is 11.6. The van der Waals surface area contributed by atoms with Crippen LogP contribution in [-0.4, -0.2) is 18.4 Å². The number of carbonyl (C=O) groups is 2. The van der Waals surface area contributed by atoms with Gasteiger partial charge in [0.05, 0.1) is 5.54 Å². The minimum Gasteiger partial charge on any atom is -0.345 e. The Morgan fingerprint density at radius 1 is 1.19 bits per heavy atom. The molecule has 0 aromatic heterocycles. The van der Waals surface area contributed by atoms with Crippen molar-refractivity contribution in [2.24, 2.45) is 0 Å². The van der Waals surface area contributed by atoms with Crippen molar-refractivity contribution in [2.45, 2.75) is 18.9 Å². The number of nitrogens with one attached hydrogen (secondary N) is 2. The number of hydrogen-bond acceptors (Lipinski definition) is 2. The Balaban J connectivity index is 2.34. The lowest BCUT2D eigenvalue weighted by molar-refractivity contribution is -0.143. The van der Waals surface area contributed by atoms with Crippen LogP contribution in [0.5, 0.6) is 0 Å². The Morgan fingerprint density at radius 3 is 2.44 bits per heavy atom. The molecular formula is C12H14N2O2. The van der Waals surface area contributed by atoms with Crippen LogP contribution in [0.4, 0.5) is 0 Å². The highest BCUT2D eigenvalue weighted by molar-refractivity contribution is 6.35. The second-order valence-corrected chi connectivity index (χ2v) is 3.94. The van der Waals surface area contributed by atoms with E-state index in [2.05, 4.69) is 10.6 Å². The van der Waals surface area contributed by atoms with Gasteiger partial charge < -0.3 is 10.6 Å². The average molecular weight is 218 g/mol. The molecule has 16 heavy (non-hydrogen) atoms. The van der Waals surface area contributed by atoms with Gasteiger partial charge in [-0.25, -0.2) is 0 Å². The zero-order valence-corrected chi connectivity index (χ0v) is 9.12. The van der Waals surface area contributed by atoms with Crippen LogP contribution < -0.4 is 10.6 Å². The third kappa shape index (κ3) is 1.66.